The van der Waals surface area contributed by atoms with Crippen LogP contribution in [0.3, 0.4) is 0 Å². The SMILES string of the molecule is O=C1CN(S(=O)(=O)c2cc3c(Cl)cc(Cl)cc3o2)C(=O)N1. The molecule has 2 aromatic rings. The highest BCUT2D eigenvalue weighted by Crippen LogP contribution is 2.33. The molecule has 1 N–H and O–H groups in total. The first-order valence-corrected chi connectivity index (χ1v) is 7.74. The van der Waals surface area contributed by atoms with Crippen molar-refractivity contribution in [3.8, 4) is 0 Å². The molecule has 1 aliphatic heterocycles. The van der Waals surface area contributed by atoms with Gasteiger partial charge in [-0.3, -0.25) is 10.1 Å². The van der Waals surface area contributed by atoms with Gasteiger partial charge in [-0.15, -0.1) is 0 Å². The molecule has 1 saturated heterocycles. The smallest absolute Gasteiger partial charge is 0.338 e. The molecule has 0 radical (unpaired) electrons. The topological polar surface area (TPSA) is 96.7 Å². The maximum Gasteiger partial charge on any atom is 0.338 e. The van der Waals surface area contributed by atoms with Crippen molar-refractivity contribution in [2.45, 2.75) is 5.09 Å². The first kappa shape index (κ1) is 14.2. The quantitative estimate of drug-likeness (QED) is 0.837. The summed E-state index contributed by atoms with van der Waals surface area (Å²) >= 11 is 11.8. The standard InChI is InChI=1S/C11H6Cl2N2O5S/c12-5-1-7(13)6-3-10(20-8(6)2-5)21(18,19)15-4-9(16)14-11(15)17/h1-3H,4H2,(H,14,16,17). The molecule has 7 nitrogen and oxygen atoms in total. The number of fused-ring (bicyclic) bond motifs is 1. The van der Waals surface area contributed by atoms with Crippen LogP contribution in [0.25, 0.3) is 11.0 Å². The number of sulfonamides is 1. The highest BCUT2D eigenvalue weighted by molar-refractivity contribution is 7.89. The van der Waals surface area contributed by atoms with E-state index in [0.29, 0.717) is 9.69 Å². The van der Waals surface area contributed by atoms with Crippen molar-refractivity contribution in [1.82, 2.24) is 9.62 Å². The van der Waals surface area contributed by atoms with E-state index in [-0.39, 0.29) is 15.6 Å². The molecule has 0 atom stereocenters. The van der Waals surface area contributed by atoms with Crippen molar-refractivity contribution in [3.63, 3.8) is 0 Å². The lowest BCUT2D eigenvalue weighted by molar-refractivity contribution is -0.118. The van der Waals surface area contributed by atoms with Gasteiger partial charge in [0, 0.05) is 22.5 Å². The summed E-state index contributed by atoms with van der Waals surface area (Å²) < 4.78 is 30.2. The van der Waals surface area contributed by atoms with Crippen molar-refractivity contribution >= 4 is 56.1 Å². The average molecular weight is 349 g/mol. The lowest BCUT2D eigenvalue weighted by Gasteiger charge is -2.10. The molecular weight excluding hydrogens is 343 g/mol. The van der Waals surface area contributed by atoms with E-state index in [9.17, 15) is 18.0 Å². The monoisotopic (exact) mass is 348 g/mol. The zero-order valence-electron chi connectivity index (χ0n) is 10.1. The lowest BCUT2D eigenvalue weighted by Crippen LogP contribution is -2.33. The lowest BCUT2D eigenvalue weighted by atomic mass is 10.2. The van der Waals surface area contributed by atoms with Crippen LogP contribution in [0.1, 0.15) is 0 Å². The van der Waals surface area contributed by atoms with Crippen molar-refractivity contribution < 1.29 is 22.4 Å². The normalized spacial score (nSPS) is 15.8. The van der Waals surface area contributed by atoms with Gasteiger partial charge in [0.2, 0.25) is 11.0 Å². The van der Waals surface area contributed by atoms with Crippen LogP contribution in [-0.2, 0) is 14.8 Å². The number of furan rings is 1. The Hall–Kier alpha value is -1.77. The number of carbonyl (C=O) groups excluding carboxylic acids is 2. The van der Waals surface area contributed by atoms with E-state index in [2.05, 4.69) is 0 Å². The van der Waals surface area contributed by atoms with Crippen molar-refractivity contribution in [1.29, 1.82) is 0 Å². The van der Waals surface area contributed by atoms with Gasteiger partial charge in [0.25, 0.3) is 0 Å². The van der Waals surface area contributed by atoms with E-state index >= 15 is 0 Å². The fourth-order valence-electron chi connectivity index (χ4n) is 1.89. The van der Waals surface area contributed by atoms with Gasteiger partial charge >= 0.3 is 16.1 Å². The summed E-state index contributed by atoms with van der Waals surface area (Å²) in [7, 11) is -4.28. The van der Waals surface area contributed by atoms with Gasteiger partial charge in [-0.1, -0.05) is 23.2 Å². The van der Waals surface area contributed by atoms with E-state index in [1.54, 1.807) is 0 Å². The number of nitrogens with zero attached hydrogens (tertiary/aromatic N) is 1. The Labute approximate surface area is 128 Å². The first-order chi connectivity index (χ1) is 9.79. The van der Waals surface area contributed by atoms with Gasteiger partial charge in [0.05, 0.1) is 5.02 Å². The third kappa shape index (κ3) is 2.25. The minimum Gasteiger partial charge on any atom is -0.443 e. The molecule has 2 heterocycles. The fourth-order valence-corrected chi connectivity index (χ4v) is 3.65. The molecule has 10 heteroatoms. The Kier molecular flexibility index (Phi) is 3.12. The number of rotatable bonds is 2. The number of imide groups is 1. The molecule has 3 rings (SSSR count). The molecule has 21 heavy (non-hydrogen) atoms. The minimum atomic E-state index is -4.28. The predicted molar refractivity (Wildman–Crippen MR) is 73.7 cm³/mol. The average Bonchev–Trinajstić information content (AvgIpc) is 2.93. The van der Waals surface area contributed by atoms with Gasteiger partial charge in [0.15, 0.2) is 0 Å². The second kappa shape index (κ2) is 4.62. The number of nitrogens with one attached hydrogen (secondary N) is 1. The zero-order valence-corrected chi connectivity index (χ0v) is 12.4. The number of halogens is 2. The number of amides is 3. The second-order valence-electron chi connectivity index (χ2n) is 4.23. The van der Waals surface area contributed by atoms with Crippen LogP contribution in [0, 0.1) is 0 Å². The summed E-state index contributed by atoms with van der Waals surface area (Å²) in [6, 6.07) is 2.99. The van der Waals surface area contributed by atoms with Gasteiger partial charge in [0.1, 0.15) is 12.1 Å². The number of hydrogen-bond acceptors (Lipinski definition) is 5. The number of urea groups is 1. The summed E-state index contributed by atoms with van der Waals surface area (Å²) in [6.45, 7) is -0.591. The van der Waals surface area contributed by atoms with Crippen LogP contribution in [0.5, 0.6) is 0 Å². The van der Waals surface area contributed by atoms with Gasteiger partial charge in [-0.2, -0.15) is 8.42 Å². The molecule has 0 unspecified atom stereocenters. The van der Waals surface area contributed by atoms with E-state index in [1.807, 2.05) is 5.32 Å². The van der Waals surface area contributed by atoms with Gasteiger partial charge in [-0.05, 0) is 6.07 Å². The molecule has 0 aliphatic carbocycles. The second-order valence-corrected chi connectivity index (χ2v) is 6.87. The Morgan fingerprint density at radius 3 is 2.52 bits per heavy atom. The minimum absolute atomic E-state index is 0.164. The molecule has 1 fully saturated rings. The molecule has 0 saturated carbocycles. The van der Waals surface area contributed by atoms with E-state index in [0.717, 1.165) is 0 Å². The summed E-state index contributed by atoms with van der Waals surface area (Å²) in [5, 5.41) is 2.21. The molecular formula is C11H6Cl2N2O5S. The maximum absolute atomic E-state index is 12.3. The van der Waals surface area contributed by atoms with Gasteiger partial charge < -0.3 is 4.42 Å². The van der Waals surface area contributed by atoms with Crippen molar-refractivity contribution in [2.75, 3.05) is 6.54 Å². The summed E-state index contributed by atoms with van der Waals surface area (Å²) in [6.07, 6.45) is 0. The van der Waals surface area contributed by atoms with Crippen LogP contribution in [0.2, 0.25) is 10.0 Å². The van der Waals surface area contributed by atoms with Crippen molar-refractivity contribution in [3.05, 3.63) is 28.2 Å². The van der Waals surface area contributed by atoms with Crippen LogP contribution < -0.4 is 5.32 Å². The van der Waals surface area contributed by atoms with Gasteiger partial charge in [-0.25, -0.2) is 9.10 Å². The van der Waals surface area contributed by atoms with Crippen molar-refractivity contribution in [2.24, 2.45) is 0 Å². The number of benzene rings is 1. The first-order valence-electron chi connectivity index (χ1n) is 5.54. The van der Waals surface area contributed by atoms with E-state index in [1.165, 1.54) is 18.2 Å². The summed E-state index contributed by atoms with van der Waals surface area (Å²) in [5.74, 6) is -0.708. The molecule has 1 aromatic heterocycles. The van der Waals surface area contributed by atoms with Crippen LogP contribution in [-0.4, -0.2) is 31.2 Å². The summed E-state index contributed by atoms with van der Waals surface area (Å²) in [5.41, 5.74) is 0.164. The molecule has 0 bridgehead atoms. The third-order valence-corrected chi connectivity index (χ3v) is 4.95. The number of carbonyl (C=O) groups is 2. The Morgan fingerprint density at radius 2 is 1.90 bits per heavy atom. The Balaban J connectivity index is 2.14. The summed E-state index contributed by atoms with van der Waals surface area (Å²) in [4.78, 5) is 22.6. The Morgan fingerprint density at radius 1 is 1.19 bits per heavy atom. The number of hydrogen-bond donors (Lipinski definition) is 1. The molecule has 1 aromatic carbocycles. The largest absolute Gasteiger partial charge is 0.443 e. The molecule has 1 aliphatic rings. The highest BCUT2D eigenvalue weighted by atomic mass is 35.5. The maximum atomic E-state index is 12.3. The molecule has 0 spiro atoms. The van der Waals surface area contributed by atoms with E-state index in [4.69, 9.17) is 27.6 Å². The zero-order chi connectivity index (χ0) is 15.4. The van der Waals surface area contributed by atoms with Crippen LogP contribution >= 0.6 is 23.2 Å². The Bertz CT molecular complexity index is 889. The molecule has 3 amide bonds. The predicted octanol–water partition coefficient (Wildman–Crippen LogP) is 1.98. The molecule has 110 valence electrons. The fraction of sp³-hybridized carbons (Fsp3) is 0.0909. The van der Waals surface area contributed by atoms with Crippen LogP contribution in [0.4, 0.5) is 4.79 Å². The van der Waals surface area contributed by atoms with E-state index < -0.39 is 33.6 Å². The highest BCUT2D eigenvalue weighted by Gasteiger charge is 2.39. The third-order valence-electron chi connectivity index (χ3n) is 2.83. The van der Waals surface area contributed by atoms with Crippen LogP contribution in [0.15, 0.2) is 27.7 Å².